The monoisotopic (exact) mass is 278 g/mol. The Morgan fingerprint density at radius 1 is 1.42 bits per heavy atom. The summed E-state index contributed by atoms with van der Waals surface area (Å²) in [5, 5.41) is 1.99. The van der Waals surface area contributed by atoms with Crippen LogP contribution in [-0.4, -0.2) is 17.9 Å². The van der Waals surface area contributed by atoms with Crippen LogP contribution in [0.4, 0.5) is 10.1 Å². The fraction of sp³-hybridized carbons (Fsp3) is 0.214. The van der Waals surface area contributed by atoms with Gasteiger partial charge in [0, 0.05) is 17.5 Å². The van der Waals surface area contributed by atoms with Crippen molar-refractivity contribution in [2.75, 3.05) is 12.8 Å². The van der Waals surface area contributed by atoms with Gasteiger partial charge in [0.25, 0.3) is 5.91 Å². The zero-order chi connectivity index (χ0) is 14.0. The van der Waals surface area contributed by atoms with E-state index >= 15 is 0 Å². The maximum Gasteiger partial charge on any atom is 0.254 e. The normalized spacial score (nSPS) is 10.5. The number of nitrogens with zero attached hydrogens (tertiary/aromatic N) is 1. The molecule has 0 bridgehead atoms. The van der Waals surface area contributed by atoms with E-state index in [2.05, 4.69) is 0 Å². The molecule has 2 aromatic rings. The standard InChI is InChI=1S/C14H15FN2OS/c1-9-5-6-19-13(9)8-17(2)14(18)10-3-4-12(16)11(15)7-10/h3-7H,8,16H2,1-2H3. The van der Waals surface area contributed by atoms with Gasteiger partial charge in [0.15, 0.2) is 0 Å². The Morgan fingerprint density at radius 2 is 2.16 bits per heavy atom. The molecule has 0 aliphatic heterocycles. The highest BCUT2D eigenvalue weighted by atomic mass is 32.1. The number of aryl methyl sites for hydroxylation is 1. The number of hydrogen-bond donors (Lipinski definition) is 1. The Morgan fingerprint density at radius 3 is 2.74 bits per heavy atom. The molecule has 0 spiro atoms. The van der Waals surface area contributed by atoms with Crippen molar-refractivity contribution < 1.29 is 9.18 Å². The molecule has 0 saturated heterocycles. The molecular weight excluding hydrogens is 263 g/mol. The number of anilines is 1. The zero-order valence-electron chi connectivity index (χ0n) is 10.8. The third-order valence-electron chi connectivity index (χ3n) is 2.94. The lowest BCUT2D eigenvalue weighted by molar-refractivity contribution is 0.0786. The fourth-order valence-electron chi connectivity index (χ4n) is 1.73. The summed E-state index contributed by atoms with van der Waals surface area (Å²) in [6, 6.07) is 6.14. The molecule has 3 nitrogen and oxygen atoms in total. The molecule has 5 heteroatoms. The van der Waals surface area contributed by atoms with E-state index in [9.17, 15) is 9.18 Å². The summed E-state index contributed by atoms with van der Waals surface area (Å²) in [5.74, 6) is -0.779. The Bertz CT molecular complexity index is 609. The van der Waals surface area contributed by atoms with Crippen molar-refractivity contribution >= 4 is 22.9 Å². The second-order valence-electron chi connectivity index (χ2n) is 4.42. The van der Waals surface area contributed by atoms with Gasteiger partial charge < -0.3 is 10.6 Å². The molecule has 1 aromatic heterocycles. The SMILES string of the molecule is Cc1ccsc1CN(C)C(=O)c1ccc(N)c(F)c1. The number of carbonyl (C=O) groups is 1. The van der Waals surface area contributed by atoms with E-state index in [0.29, 0.717) is 12.1 Å². The minimum Gasteiger partial charge on any atom is -0.396 e. The van der Waals surface area contributed by atoms with Crippen LogP contribution in [0.15, 0.2) is 29.6 Å². The largest absolute Gasteiger partial charge is 0.396 e. The van der Waals surface area contributed by atoms with Crippen molar-refractivity contribution in [1.82, 2.24) is 4.90 Å². The summed E-state index contributed by atoms with van der Waals surface area (Å²) in [4.78, 5) is 14.9. The number of benzene rings is 1. The number of rotatable bonds is 3. The van der Waals surface area contributed by atoms with E-state index in [1.807, 2.05) is 18.4 Å². The second kappa shape index (κ2) is 5.40. The molecule has 0 atom stereocenters. The average Bonchev–Trinajstić information content (AvgIpc) is 2.77. The second-order valence-corrected chi connectivity index (χ2v) is 5.42. The first-order valence-corrected chi connectivity index (χ1v) is 6.70. The maximum atomic E-state index is 13.4. The van der Waals surface area contributed by atoms with Gasteiger partial charge in [-0.1, -0.05) is 0 Å². The molecule has 100 valence electrons. The molecule has 0 saturated carbocycles. The van der Waals surface area contributed by atoms with Gasteiger partial charge in [0.1, 0.15) is 5.82 Å². The molecule has 0 aliphatic rings. The van der Waals surface area contributed by atoms with E-state index in [4.69, 9.17) is 5.73 Å². The summed E-state index contributed by atoms with van der Waals surface area (Å²) in [7, 11) is 1.70. The summed E-state index contributed by atoms with van der Waals surface area (Å²) < 4.78 is 13.4. The van der Waals surface area contributed by atoms with Crippen molar-refractivity contribution in [3.8, 4) is 0 Å². The van der Waals surface area contributed by atoms with E-state index in [1.165, 1.54) is 12.1 Å². The minimum absolute atomic E-state index is 0.0494. The number of thiophene rings is 1. The first kappa shape index (κ1) is 13.5. The van der Waals surface area contributed by atoms with Gasteiger partial charge in [-0.25, -0.2) is 4.39 Å². The van der Waals surface area contributed by atoms with Gasteiger partial charge >= 0.3 is 0 Å². The van der Waals surface area contributed by atoms with Crippen LogP contribution in [0.25, 0.3) is 0 Å². The number of hydrogen-bond acceptors (Lipinski definition) is 3. The molecule has 1 amide bonds. The van der Waals surface area contributed by atoms with E-state index < -0.39 is 5.82 Å². The van der Waals surface area contributed by atoms with Crippen molar-refractivity contribution in [2.24, 2.45) is 0 Å². The summed E-state index contributed by atoms with van der Waals surface area (Å²) in [6.07, 6.45) is 0. The van der Waals surface area contributed by atoms with Gasteiger partial charge in [0.05, 0.1) is 12.2 Å². The van der Waals surface area contributed by atoms with Gasteiger partial charge in [0.2, 0.25) is 0 Å². The van der Waals surface area contributed by atoms with Crippen molar-refractivity contribution in [2.45, 2.75) is 13.5 Å². The number of nitrogens with two attached hydrogens (primary N) is 1. The Kier molecular flexibility index (Phi) is 3.85. The van der Waals surface area contributed by atoms with Gasteiger partial charge in [-0.05, 0) is 42.1 Å². The molecule has 1 heterocycles. The lowest BCUT2D eigenvalue weighted by Gasteiger charge is -2.17. The number of halogens is 1. The third-order valence-corrected chi connectivity index (χ3v) is 3.95. The first-order chi connectivity index (χ1) is 8.99. The smallest absolute Gasteiger partial charge is 0.254 e. The molecule has 19 heavy (non-hydrogen) atoms. The highest BCUT2D eigenvalue weighted by Gasteiger charge is 2.14. The highest BCUT2D eigenvalue weighted by Crippen LogP contribution is 2.19. The highest BCUT2D eigenvalue weighted by molar-refractivity contribution is 7.10. The van der Waals surface area contributed by atoms with Crippen LogP contribution in [0.3, 0.4) is 0 Å². The first-order valence-electron chi connectivity index (χ1n) is 5.82. The van der Waals surface area contributed by atoms with Crippen molar-refractivity contribution in [3.63, 3.8) is 0 Å². The summed E-state index contributed by atoms with van der Waals surface area (Å²) in [5.41, 5.74) is 6.91. The fourth-order valence-corrected chi connectivity index (χ4v) is 2.69. The minimum atomic E-state index is -0.563. The lowest BCUT2D eigenvalue weighted by atomic mass is 10.1. The predicted octanol–water partition coefficient (Wildman–Crippen LogP) is 3.05. The molecule has 0 unspecified atom stereocenters. The van der Waals surface area contributed by atoms with Crippen LogP contribution in [0, 0.1) is 12.7 Å². The number of amides is 1. The topological polar surface area (TPSA) is 46.3 Å². The quantitative estimate of drug-likeness (QED) is 0.877. The average molecular weight is 278 g/mol. The van der Waals surface area contributed by atoms with Crippen LogP contribution < -0.4 is 5.73 Å². The summed E-state index contributed by atoms with van der Waals surface area (Å²) in [6.45, 7) is 2.53. The Hall–Kier alpha value is -1.88. The number of carbonyl (C=O) groups excluding carboxylic acids is 1. The lowest BCUT2D eigenvalue weighted by Crippen LogP contribution is -2.26. The molecule has 2 N–H and O–H groups in total. The third kappa shape index (κ3) is 2.93. The van der Waals surface area contributed by atoms with Crippen LogP contribution in [0.5, 0.6) is 0 Å². The molecule has 0 aliphatic carbocycles. The van der Waals surface area contributed by atoms with E-state index in [0.717, 1.165) is 10.4 Å². The van der Waals surface area contributed by atoms with Crippen molar-refractivity contribution in [3.05, 3.63) is 51.5 Å². The van der Waals surface area contributed by atoms with Gasteiger partial charge in [-0.15, -0.1) is 11.3 Å². The Balaban J connectivity index is 2.15. The summed E-state index contributed by atoms with van der Waals surface area (Å²) >= 11 is 1.61. The van der Waals surface area contributed by atoms with Gasteiger partial charge in [-0.3, -0.25) is 4.79 Å². The maximum absolute atomic E-state index is 13.4. The van der Waals surface area contributed by atoms with E-state index in [1.54, 1.807) is 29.4 Å². The van der Waals surface area contributed by atoms with Crippen molar-refractivity contribution in [1.29, 1.82) is 0 Å². The van der Waals surface area contributed by atoms with Crippen LogP contribution in [0.2, 0.25) is 0 Å². The van der Waals surface area contributed by atoms with Crippen LogP contribution in [0.1, 0.15) is 20.8 Å². The predicted molar refractivity (Wildman–Crippen MR) is 75.7 cm³/mol. The van der Waals surface area contributed by atoms with E-state index in [-0.39, 0.29) is 11.6 Å². The van der Waals surface area contributed by atoms with Gasteiger partial charge in [-0.2, -0.15) is 0 Å². The van der Waals surface area contributed by atoms with Crippen LogP contribution >= 0.6 is 11.3 Å². The number of nitrogen functional groups attached to an aromatic ring is 1. The molecule has 1 aromatic carbocycles. The molecule has 0 radical (unpaired) electrons. The molecule has 2 rings (SSSR count). The molecular formula is C14H15FN2OS. The molecule has 0 fully saturated rings. The van der Waals surface area contributed by atoms with Crippen LogP contribution in [-0.2, 0) is 6.54 Å². The Labute approximate surface area is 115 Å². The zero-order valence-corrected chi connectivity index (χ0v) is 11.6.